The molecule has 4 heteroatoms. The van der Waals surface area contributed by atoms with Gasteiger partial charge in [0.05, 0.1) is 0 Å². The van der Waals surface area contributed by atoms with E-state index in [-0.39, 0.29) is 6.03 Å². The minimum absolute atomic E-state index is 0.123. The highest BCUT2D eigenvalue weighted by molar-refractivity contribution is 5.74. The molecule has 0 atom stereocenters. The van der Waals surface area contributed by atoms with Gasteiger partial charge in [0.15, 0.2) is 0 Å². The number of hydrogen-bond acceptors (Lipinski definition) is 2. The van der Waals surface area contributed by atoms with E-state index in [2.05, 4.69) is 17.1 Å². The smallest absolute Gasteiger partial charge is 0.317 e. The van der Waals surface area contributed by atoms with E-state index in [9.17, 15) is 4.79 Å². The van der Waals surface area contributed by atoms with Gasteiger partial charge in [0.25, 0.3) is 0 Å². The summed E-state index contributed by atoms with van der Waals surface area (Å²) in [7, 11) is 0. The van der Waals surface area contributed by atoms with Crippen molar-refractivity contribution in [2.75, 3.05) is 32.7 Å². The lowest BCUT2D eigenvalue weighted by molar-refractivity contribution is 0.110. The van der Waals surface area contributed by atoms with Crippen molar-refractivity contribution in [3.63, 3.8) is 0 Å². The van der Waals surface area contributed by atoms with E-state index in [1.54, 1.807) is 0 Å². The van der Waals surface area contributed by atoms with Gasteiger partial charge in [-0.1, -0.05) is 19.8 Å². The molecule has 1 heterocycles. The van der Waals surface area contributed by atoms with Crippen LogP contribution in [0.5, 0.6) is 0 Å². The molecule has 0 aromatic rings. The van der Waals surface area contributed by atoms with Crippen molar-refractivity contribution in [1.29, 1.82) is 0 Å². The molecule has 17 heavy (non-hydrogen) atoms. The maximum Gasteiger partial charge on any atom is 0.317 e. The number of carbonyl (C=O) groups excluding carboxylic acids is 1. The van der Waals surface area contributed by atoms with Gasteiger partial charge in [0, 0.05) is 38.8 Å². The first-order valence-corrected chi connectivity index (χ1v) is 7.08. The quantitative estimate of drug-likeness (QED) is 0.813. The molecule has 0 aromatic heterocycles. The van der Waals surface area contributed by atoms with Gasteiger partial charge >= 0.3 is 6.03 Å². The van der Waals surface area contributed by atoms with Gasteiger partial charge in [-0.15, -0.1) is 0 Å². The number of carbonyl (C=O) groups is 1. The summed E-state index contributed by atoms with van der Waals surface area (Å²) in [6, 6.07) is 0.925. The highest BCUT2D eigenvalue weighted by atomic mass is 16.2. The summed E-state index contributed by atoms with van der Waals surface area (Å²) in [4.78, 5) is 16.3. The molecule has 1 aliphatic carbocycles. The largest absolute Gasteiger partial charge is 0.338 e. The molecule has 98 valence electrons. The number of rotatable bonds is 3. The SMILES string of the molecule is CCCNC(=O)N1CCN(C2CCCC2)CC1. The Morgan fingerprint density at radius 2 is 1.82 bits per heavy atom. The highest BCUT2D eigenvalue weighted by Crippen LogP contribution is 2.24. The van der Waals surface area contributed by atoms with Gasteiger partial charge in [0.2, 0.25) is 0 Å². The van der Waals surface area contributed by atoms with Gasteiger partial charge in [-0.05, 0) is 19.3 Å². The Labute approximate surface area is 104 Å². The first kappa shape index (κ1) is 12.7. The van der Waals surface area contributed by atoms with Crippen molar-refractivity contribution >= 4 is 6.03 Å². The zero-order valence-electron chi connectivity index (χ0n) is 11.0. The minimum Gasteiger partial charge on any atom is -0.338 e. The summed E-state index contributed by atoms with van der Waals surface area (Å²) in [5, 5.41) is 2.95. The van der Waals surface area contributed by atoms with Crippen LogP contribution >= 0.6 is 0 Å². The van der Waals surface area contributed by atoms with E-state index in [1.807, 2.05) is 4.90 Å². The molecule has 2 rings (SSSR count). The summed E-state index contributed by atoms with van der Waals surface area (Å²) < 4.78 is 0. The monoisotopic (exact) mass is 239 g/mol. The van der Waals surface area contributed by atoms with Gasteiger partial charge in [0.1, 0.15) is 0 Å². The van der Waals surface area contributed by atoms with Crippen LogP contribution in [-0.2, 0) is 0 Å². The Morgan fingerprint density at radius 3 is 2.41 bits per heavy atom. The Balaban J connectivity index is 1.71. The van der Waals surface area contributed by atoms with Crippen LogP contribution in [0.15, 0.2) is 0 Å². The minimum atomic E-state index is 0.123. The molecule has 2 amide bonds. The van der Waals surface area contributed by atoms with E-state index in [1.165, 1.54) is 25.7 Å². The first-order valence-electron chi connectivity index (χ1n) is 7.08. The van der Waals surface area contributed by atoms with Crippen LogP contribution in [0.25, 0.3) is 0 Å². The molecule has 1 aliphatic heterocycles. The predicted octanol–water partition coefficient (Wildman–Crippen LogP) is 1.67. The number of urea groups is 1. The van der Waals surface area contributed by atoms with Crippen LogP contribution in [-0.4, -0.2) is 54.6 Å². The third-order valence-electron chi connectivity index (χ3n) is 3.97. The fraction of sp³-hybridized carbons (Fsp3) is 0.923. The zero-order valence-corrected chi connectivity index (χ0v) is 11.0. The van der Waals surface area contributed by atoms with Crippen LogP contribution < -0.4 is 5.32 Å². The van der Waals surface area contributed by atoms with Crippen LogP contribution in [0, 0.1) is 0 Å². The standard InChI is InChI=1S/C13H25N3O/c1-2-7-14-13(17)16-10-8-15(9-11-16)12-5-3-4-6-12/h12H,2-11H2,1H3,(H,14,17). The topological polar surface area (TPSA) is 35.6 Å². The molecule has 0 aromatic carbocycles. The second kappa shape index (κ2) is 6.24. The number of nitrogens with one attached hydrogen (secondary N) is 1. The molecular weight excluding hydrogens is 214 g/mol. The number of hydrogen-bond donors (Lipinski definition) is 1. The first-order chi connectivity index (χ1) is 8.31. The third-order valence-corrected chi connectivity index (χ3v) is 3.97. The molecular formula is C13H25N3O. The Bertz CT molecular complexity index is 243. The highest BCUT2D eigenvalue weighted by Gasteiger charge is 2.27. The van der Waals surface area contributed by atoms with Crippen molar-refractivity contribution < 1.29 is 4.79 Å². The van der Waals surface area contributed by atoms with E-state index < -0.39 is 0 Å². The van der Waals surface area contributed by atoms with Gasteiger partial charge in [-0.25, -0.2) is 4.79 Å². The Kier molecular flexibility index (Phi) is 4.66. The summed E-state index contributed by atoms with van der Waals surface area (Å²) >= 11 is 0. The van der Waals surface area contributed by atoms with E-state index in [4.69, 9.17) is 0 Å². The number of amides is 2. The van der Waals surface area contributed by atoms with Crippen LogP contribution in [0.1, 0.15) is 39.0 Å². The normalized spacial score (nSPS) is 23.0. The van der Waals surface area contributed by atoms with Crippen molar-refractivity contribution in [1.82, 2.24) is 15.1 Å². The van der Waals surface area contributed by atoms with Crippen LogP contribution in [0.4, 0.5) is 4.79 Å². The van der Waals surface area contributed by atoms with E-state index >= 15 is 0 Å². The summed E-state index contributed by atoms with van der Waals surface area (Å²) in [6.45, 7) is 6.78. The van der Waals surface area contributed by atoms with Crippen molar-refractivity contribution in [2.24, 2.45) is 0 Å². The molecule has 2 fully saturated rings. The lowest BCUT2D eigenvalue weighted by Gasteiger charge is -2.38. The van der Waals surface area contributed by atoms with Gasteiger partial charge in [-0.3, -0.25) is 4.90 Å². The third kappa shape index (κ3) is 3.35. The molecule has 0 unspecified atom stereocenters. The lowest BCUT2D eigenvalue weighted by Crippen LogP contribution is -2.53. The molecule has 2 aliphatic rings. The average molecular weight is 239 g/mol. The number of nitrogens with zero attached hydrogens (tertiary/aromatic N) is 2. The second-order valence-corrected chi connectivity index (χ2v) is 5.19. The van der Waals surface area contributed by atoms with E-state index in [0.29, 0.717) is 0 Å². The molecule has 1 saturated carbocycles. The van der Waals surface area contributed by atoms with E-state index in [0.717, 1.165) is 45.2 Å². The summed E-state index contributed by atoms with van der Waals surface area (Å²) in [5.74, 6) is 0. The number of piperazine rings is 1. The molecule has 1 N–H and O–H groups in total. The zero-order chi connectivity index (χ0) is 12.1. The van der Waals surface area contributed by atoms with Gasteiger partial charge < -0.3 is 10.2 Å². The molecule has 0 spiro atoms. The molecule has 4 nitrogen and oxygen atoms in total. The van der Waals surface area contributed by atoms with Crippen molar-refractivity contribution in [3.05, 3.63) is 0 Å². The van der Waals surface area contributed by atoms with Crippen LogP contribution in [0.2, 0.25) is 0 Å². The van der Waals surface area contributed by atoms with Crippen molar-refractivity contribution in [3.8, 4) is 0 Å². The predicted molar refractivity (Wildman–Crippen MR) is 69.1 cm³/mol. The lowest BCUT2D eigenvalue weighted by atomic mass is 10.2. The summed E-state index contributed by atoms with van der Waals surface area (Å²) in [5.41, 5.74) is 0. The molecule has 0 radical (unpaired) electrons. The molecule has 1 saturated heterocycles. The van der Waals surface area contributed by atoms with Crippen molar-refractivity contribution in [2.45, 2.75) is 45.1 Å². The maximum absolute atomic E-state index is 11.8. The summed E-state index contributed by atoms with van der Waals surface area (Å²) in [6.07, 6.45) is 6.52. The Hall–Kier alpha value is -0.770. The fourth-order valence-corrected chi connectivity index (χ4v) is 2.90. The second-order valence-electron chi connectivity index (χ2n) is 5.19. The molecule has 0 bridgehead atoms. The van der Waals surface area contributed by atoms with Gasteiger partial charge in [-0.2, -0.15) is 0 Å². The average Bonchev–Trinajstić information content (AvgIpc) is 2.90. The maximum atomic E-state index is 11.8. The Morgan fingerprint density at radius 1 is 1.18 bits per heavy atom. The van der Waals surface area contributed by atoms with Crippen LogP contribution in [0.3, 0.4) is 0 Å². The fourth-order valence-electron chi connectivity index (χ4n) is 2.90.